The van der Waals surface area contributed by atoms with E-state index in [2.05, 4.69) is 9.55 Å². The number of hydrogen-bond acceptors (Lipinski definition) is 4. The van der Waals surface area contributed by atoms with E-state index in [1.54, 1.807) is 4.90 Å². The molecule has 1 aliphatic rings. The fourth-order valence-corrected chi connectivity index (χ4v) is 3.18. The van der Waals surface area contributed by atoms with Crippen LogP contribution in [-0.4, -0.2) is 44.3 Å². The molecule has 6 heteroatoms. The number of likely N-dealkylation sites (tertiary alicyclic amines) is 1. The van der Waals surface area contributed by atoms with Gasteiger partial charge in [0.05, 0.1) is 11.0 Å². The van der Waals surface area contributed by atoms with Crippen LogP contribution in [0.4, 0.5) is 4.79 Å². The lowest BCUT2D eigenvalue weighted by molar-refractivity contribution is 0.0287. The van der Waals surface area contributed by atoms with Gasteiger partial charge in [-0.2, -0.15) is 0 Å². The van der Waals surface area contributed by atoms with Crippen LogP contribution >= 0.6 is 0 Å². The number of rotatable bonds is 3. The summed E-state index contributed by atoms with van der Waals surface area (Å²) in [5.41, 5.74) is 1.44. The minimum Gasteiger partial charge on any atom is -0.444 e. The van der Waals surface area contributed by atoms with Gasteiger partial charge in [0.2, 0.25) is 0 Å². The number of aliphatic hydroxyl groups excluding tert-OH is 1. The Bertz CT molecular complexity index is 733. The first-order valence-electron chi connectivity index (χ1n) is 8.40. The second kappa shape index (κ2) is 6.43. The van der Waals surface area contributed by atoms with E-state index >= 15 is 0 Å². The van der Waals surface area contributed by atoms with Gasteiger partial charge in [0.1, 0.15) is 18.0 Å². The largest absolute Gasteiger partial charge is 0.444 e. The maximum absolute atomic E-state index is 12.2. The van der Waals surface area contributed by atoms with E-state index in [1.165, 1.54) is 0 Å². The Morgan fingerprint density at radius 1 is 1.38 bits per heavy atom. The first-order chi connectivity index (χ1) is 11.4. The lowest BCUT2D eigenvalue weighted by Crippen LogP contribution is -2.35. The Morgan fingerprint density at radius 2 is 2.12 bits per heavy atom. The molecule has 1 aliphatic heterocycles. The molecular formula is C18H25N3O3. The number of hydrogen-bond donors (Lipinski definition) is 1. The second-order valence-corrected chi connectivity index (χ2v) is 7.37. The van der Waals surface area contributed by atoms with Crippen molar-refractivity contribution in [3.63, 3.8) is 0 Å². The molecule has 0 saturated carbocycles. The number of para-hydroxylation sites is 2. The molecule has 0 bridgehead atoms. The van der Waals surface area contributed by atoms with Crippen molar-refractivity contribution in [3.8, 4) is 0 Å². The first kappa shape index (κ1) is 16.8. The average Bonchev–Trinajstić information content (AvgIpc) is 3.11. The van der Waals surface area contributed by atoms with Crippen LogP contribution in [0.15, 0.2) is 24.3 Å². The van der Waals surface area contributed by atoms with Crippen LogP contribution in [0, 0.1) is 5.92 Å². The SMILES string of the molecule is CC(C)(C)OC(=O)N1CC[C@H](Cn2c(CO)nc3ccccc32)C1. The number of fused-ring (bicyclic) bond motifs is 1. The highest BCUT2D eigenvalue weighted by molar-refractivity contribution is 5.75. The van der Waals surface area contributed by atoms with Gasteiger partial charge in [0, 0.05) is 19.6 Å². The average molecular weight is 331 g/mol. The van der Waals surface area contributed by atoms with Gasteiger partial charge in [-0.25, -0.2) is 9.78 Å². The molecule has 2 heterocycles. The third-order valence-electron chi connectivity index (χ3n) is 4.25. The number of carbonyl (C=O) groups is 1. The summed E-state index contributed by atoms with van der Waals surface area (Å²) in [6, 6.07) is 7.89. The Kier molecular flexibility index (Phi) is 4.49. The molecule has 3 rings (SSSR count). The van der Waals surface area contributed by atoms with Gasteiger partial charge in [0.25, 0.3) is 0 Å². The molecule has 0 radical (unpaired) electrons. The summed E-state index contributed by atoms with van der Waals surface area (Å²) < 4.78 is 7.52. The van der Waals surface area contributed by atoms with Crippen LogP contribution in [0.3, 0.4) is 0 Å². The van der Waals surface area contributed by atoms with Gasteiger partial charge >= 0.3 is 6.09 Å². The van der Waals surface area contributed by atoms with E-state index in [-0.39, 0.29) is 12.7 Å². The highest BCUT2D eigenvalue weighted by Gasteiger charge is 2.30. The third kappa shape index (κ3) is 3.53. The van der Waals surface area contributed by atoms with Crippen molar-refractivity contribution in [2.24, 2.45) is 5.92 Å². The van der Waals surface area contributed by atoms with Gasteiger partial charge in [-0.3, -0.25) is 0 Å². The molecule has 0 spiro atoms. The molecule has 1 fully saturated rings. The molecule has 1 N–H and O–H groups in total. The number of benzene rings is 1. The van der Waals surface area contributed by atoms with Crippen LogP contribution in [0.1, 0.15) is 33.0 Å². The fourth-order valence-electron chi connectivity index (χ4n) is 3.18. The lowest BCUT2D eigenvalue weighted by Gasteiger charge is -2.24. The van der Waals surface area contributed by atoms with Crippen molar-refractivity contribution >= 4 is 17.1 Å². The van der Waals surface area contributed by atoms with Gasteiger partial charge in [0.15, 0.2) is 0 Å². The van der Waals surface area contributed by atoms with Crippen LogP contribution in [0.25, 0.3) is 11.0 Å². The zero-order chi connectivity index (χ0) is 17.3. The van der Waals surface area contributed by atoms with E-state index in [9.17, 15) is 9.90 Å². The number of nitrogens with zero attached hydrogens (tertiary/aromatic N) is 3. The van der Waals surface area contributed by atoms with Crippen LogP contribution in [-0.2, 0) is 17.9 Å². The van der Waals surface area contributed by atoms with Crippen molar-refractivity contribution in [2.45, 2.75) is 45.9 Å². The first-order valence-corrected chi connectivity index (χ1v) is 8.40. The molecule has 130 valence electrons. The molecule has 0 unspecified atom stereocenters. The predicted octanol–water partition coefficient (Wildman–Crippen LogP) is 2.79. The zero-order valence-corrected chi connectivity index (χ0v) is 14.5. The summed E-state index contributed by atoms with van der Waals surface area (Å²) in [4.78, 5) is 18.4. The molecule has 1 aromatic carbocycles. The summed E-state index contributed by atoms with van der Waals surface area (Å²) in [6.07, 6.45) is 0.680. The summed E-state index contributed by atoms with van der Waals surface area (Å²) in [5.74, 6) is 1.01. The molecule has 1 saturated heterocycles. The van der Waals surface area contributed by atoms with Crippen molar-refractivity contribution in [2.75, 3.05) is 13.1 Å². The highest BCUT2D eigenvalue weighted by Crippen LogP contribution is 2.24. The minimum atomic E-state index is -0.472. The fraction of sp³-hybridized carbons (Fsp3) is 0.556. The maximum atomic E-state index is 12.2. The maximum Gasteiger partial charge on any atom is 0.410 e. The van der Waals surface area contributed by atoms with E-state index < -0.39 is 5.60 Å². The highest BCUT2D eigenvalue weighted by atomic mass is 16.6. The molecule has 24 heavy (non-hydrogen) atoms. The number of aromatic nitrogens is 2. The van der Waals surface area contributed by atoms with Crippen LogP contribution < -0.4 is 0 Å². The zero-order valence-electron chi connectivity index (χ0n) is 14.5. The number of imidazole rings is 1. The smallest absolute Gasteiger partial charge is 0.410 e. The van der Waals surface area contributed by atoms with Gasteiger partial charge in [-0.15, -0.1) is 0 Å². The molecule has 0 aliphatic carbocycles. The molecule has 2 aromatic rings. The van der Waals surface area contributed by atoms with Crippen molar-refractivity contribution < 1.29 is 14.6 Å². The predicted molar refractivity (Wildman–Crippen MR) is 91.6 cm³/mol. The van der Waals surface area contributed by atoms with Crippen molar-refractivity contribution in [1.82, 2.24) is 14.5 Å². The Hall–Kier alpha value is -2.08. The van der Waals surface area contributed by atoms with E-state index in [0.717, 1.165) is 24.0 Å². The molecule has 6 nitrogen and oxygen atoms in total. The molecule has 1 amide bonds. The van der Waals surface area contributed by atoms with Gasteiger partial charge < -0.3 is 19.3 Å². The normalized spacial score (nSPS) is 18.3. The number of carbonyl (C=O) groups excluding carboxylic acids is 1. The standard InChI is InChI=1S/C18H25N3O3/c1-18(2,3)24-17(23)20-9-8-13(10-20)11-21-15-7-5-4-6-14(15)19-16(21)12-22/h4-7,13,22H,8-12H2,1-3H3/t13-/m0/s1. The Balaban J connectivity index is 1.71. The number of ether oxygens (including phenoxy) is 1. The lowest BCUT2D eigenvalue weighted by atomic mass is 10.1. The molecule has 1 atom stereocenters. The van der Waals surface area contributed by atoms with Gasteiger partial charge in [-0.1, -0.05) is 12.1 Å². The van der Waals surface area contributed by atoms with E-state index in [4.69, 9.17) is 4.74 Å². The number of aliphatic hydroxyl groups is 1. The number of amides is 1. The summed E-state index contributed by atoms with van der Waals surface area (Å²) in [6.45, 7) is 7.68. The molecular weight excluding hydrogens is 306 g/mol. The minimum absolute atomic E-state index is 0.0861. The topological polar surface area (TPSA) is 67.6 Å². The third-order valence-corrected chi connectivity index (χ3v) is 4.25. The Morgan fingerprint density at radius 3 is 2.83 bits per heavy atom. The van der Waals surface area contributed by atoms with Crippen LogP contribution in [0.5, 0.6) is 0 Å². The summed E-state index contributed by atoms with van der Waals surface area (Å²) >= 11 is 0. The summed E-state index contributed by atoms with van der Waals surface area (Å²) in [7, 11) is 0. The van der Waals surface area contributed by atoms with Crippen LogP contribution in [0.2, 0.25) is 0 Å². The second-order valence-electron chi connectivity index (χ2n) is 7.37. The molecule has 1 aromatic heterocycles. The summed E-state index contributed by atoms with van der Waals surface area (Å²) in [5, 5.41) is 9.59. The van der Waals surface area contributed by atoms with Gasteiger partial charge in [-0.05, 0) is 45.2 Å². The van der Waals surface area contributed by atoms with Crippen molar-refractivity contribution in [3.05, 3.63) is 30.1 Å². The quantitative estimate of drug-likeness (QED) is 0.939. The Labute approximate surface area is 142 Å². The van der Waals surface area contributed by atoms with E-state index in [1.807, 2.05) is 45.0 Å². The van der Waals surface area contributed by atoms with Crippen molar-refractivity contribution in [1.29, 1.82) is 0 Å². The van der Waals surface area contributed by atoms with E-state index in [0.29, 0.717) is 24.8 Å². The monoisotopic (exact) mass is 331 g/mol.